The first-order valence-corrected chi connectivity index (χ1v) is 13.7. The summed E-state index contributed by atoms with van der Waals surface area (Å²) in [5, 5.41) is 3.15. The molecule has 0 radical (unpaired) electrons. The van der Waals surface area contributed by atoms with Gasteiger partial charge < -0.3 is 20.0 Å². The molecule has 0 atom stereocenters. The molecule has 1 spiro atoms. The van der Waals surface area contributed by atoms with Crippen LogP contribution in [0.1, 0.15) is 55.3 Å². The highest BCUT2D eigenvalue weighted by Crippen LogP contribution is 2.39. The molecular weight excluding hydrogens is 520 g/mol. The number of para-hydroxylation sites is 1. The highest BCUT2D eigenvalue weighted by atomic mass is 79.9. The Labute approximate surface area is 220 Å². The quantitative estimate of drug-likeness (QED) is 0.603. The molecule has 1 N–H and O–H groups in total. The minimum absolute atomic E-state index is 0.0142. The number of nitrogens with one attached hydrogen (secondary N) is 1. The molecule has 3 fully saturated rings. The first kappa shape index (κ1) is 24.8. The van der Waals surface area contributed by atoms with Gasteiger partial charge in [0.2, 0.25) is 5.91 Å². The third-order valence-electron chi connectivity index (χ3n) is 7.84. The van der Waals surface area contributed by atoms with E-state index < -0.39 is 5.54 Å². The van der Waals surface area contributed by atoms with Crippen molar-refractivity contribution in [1.29, 1.82) is 0 Å². The zero-order valence-electron chi connectivity index (χ0n) is 20.5. The first-order chi connectivity index (χ1) is 17.5. The molecule has 0 bridgehead atoms. The number of anilines is 1. The van der Waals surface area contributed by atoms with Crippen molar-refractivity contribution in [2.45, 2.75) is 56.5 Å². The maximum Gasteiger partial charge on any atom is 0.253 e. The Morgan fingerprint density at radius 3 is 2.39 bits per heavy atom. The van der Waals surface area contributed by atoms with Crippen LogP contribution in [0.5, 0.6) is 0 Å². The number of hydrogen-bond donors (Lipinski definition) is 1. The second-order valence-corrected chi connectivity index (χ2v) is 11.1. The third kappa shape index (κ3) is 5.01. The van der Waals surface area contributed by atoms with Gasteiger partial charge >= 0.3 is 0 Å². The lowest BCUT2D eigenvalue weighted by atomic mass is 9.85. The molecule has 36 heavy (non-hydrogen) atoms. The van der Waals surface area contributed by atoms with Gasteiger partial charge in [0.25, 0.3) is 11.8 Å². The smallest absolute Gasteiger partial charge is 0.253 e. The maximum absolute atomic E-state index is 13.9. The van der Waals surface area contributed by atoms with Crippen molar-refractivity contribution in [2.24, 2.45) is 0 Å². The van der Waals surface area contributed by atoms with Crippen molar-refractivity contribution in [3.05, 3.63) is 64.6 Å². The summed E-state index contributed by atoms with van der Waals surface area (Å²) < 4.78 is 0.866. The molecule has 1 aliphatic carbocycles. The summed E-state index contributed by atoms with van der Waals surface area (Å²) in [4.78, 5) is 45.6. The fraction of sp³-hybridized carbons (Fsp3) is 0.464. The number of hydrogen-bond acceptors (Lipinski definition) is 4. The highest BCUT2D eigenvalue weighted by Gasteiger charge is 2.54. The minimum atomic E-state index is -0.749. The van der Waals surface area contributed by atoms with Crippen LogP contribution in [0.3, 0.4) is 0 Å². The van der Waals surface area contributed by atoms with E-state index in [4.69, 9.17) is 0 Å². The van der Waals surface area contributed by atoms with Crippen LogP contribution >= 0.6 is 15.9 Å². The van der Waals surface area contributed by atoms with Crippen molar-refractivity contribution >= 4 is 39.3 Å². The van der Waals surface area contributed by atoms with Gasteiger partial charge in [-0.25, -0.2) is 0 Å². The van der Waals surface area contributed by atoms with Crippen LogP contribution in [0, 0.1) is 0 Å². The zero-order chi connectivity index (χ0) is 25.1. The molecule has 1 saturated carbocycles. The largest absolute Gasteiger partial charge is 0.352 e. The summed E-state index contributed by atoms with van der Waals surface area (Å²) >= 11 is 3.44. The molecule has 3 amide bonds. The predicted molar refractivity (Wildman–Crippen MR) is 143 cm³/mol. The lowest BCUT2D eigenvalue weighted by Crippen LogP contribution is -2.57. The van der Waals surface area contributed by atoms with Gasteiger partial charge in [-0.05, 0) is 56.0 Å². The SMILES string of the molecule is O=C(CN1CN(c2ccccc2)C2(CCN(C(=O)c3cccc(Br)c3)CC2)C1=O)NC1CCCCC1. The van der Waals surface area contributed by atoms with E-state index in [-0.39, 0.29) is 30.3 Å². The van der Waals surface area contributed by atoms with Gasteiger partial charge in [0.15, 0.2) is 0 Å². The summed E-state index contributed by atoms with van der Waals surface area (Å²) in [5.41, 5.74) is 0.854. The van der Waals surface area contributed by atoms with Crippen LogP contribution in [-0.2, 0) is 9.59 Å². The molecule has 2 saturated heterocycles. The Hall–Kier alpha value is -2.87. The zero-order valence-corrected chi connectivity index (χ0v) is 22.1. The van der Waals surface area contributed by atoms with E-state index in [0.29, 0.717) is 38.2 Å². The number of amides is 3. The number of piperidine rings is 1. The second kappa shape index (κ2) is 10.6. The van der Waals surface area contributed by atoms with Gasteiger partial charge in [0, 0.05) is 34.9 Å². The van der Waals surface area contributed by atoms with E-state index in [1.165, 1.54) is 6.42 Å². The number of carbonyl (C=O) groups is 3. The summed E-state index contributed by atoms with van der Waals surface area (Å²) in [6.45, 7) is 1.42. The second-order valence-electron chi connectivity index (χ2n) is 10.1. The Kier molecular flexibility index (Phi) is 7.32. The molecule has 190 valence electrons. The van der Waals surface area contributed by atoms with Crippen LogP contribution in [0.2, 0.25) is 0 Å². The van der Waals surface area contributed by atoms with E-state index >= 15 is 0 Å². The number of likely N-dealkylation sites (tertiary alicyclic amines) is 1. The highest BCUT2D eigenvalue weighted by molar-refractivity contribution is 9.10. The molecule has 7 nitrogen and oxygen atoms in total. The molecule has 2 aromatic rings. The van der Waals surface area contributed by atoms with Crippen molar-refractivity contribution in [2.75, 3.05) is 31.2 Å². The molecule has 2 aromatic carbocycles. The molecule has 0 aromatic heterocycles. The summed E-state index contributed by atoms with van der Waals surface area (Å²) in [6, 6.07) is 17.6. The van der Waals surface area contributed by atoms with Crippen molar-refractivity contribution in [3.63, 3.8) is 0 Å². The van der Waals surface area contributed by atoms with Gasteiger partial charge in [-0.3, -0.25) is 14.4 Å². The van der Waals surface area contributed by atoms with Crippen LogP contribution in [0.4, 0.5) is 5.69 Å². The predicted octanol–water partition coefficient (Wildman–Crippen LogP) is 4.18. The number of halogens is 1. The van der Waals surface area contributed by atoms with Crippen LogP contribution in [0.15, 0.2) is 59.1 Å². The Balaban J connectivity index is 1.31. The molecule has 5 rings (SSSR count). The van der Waals surface area contributed by atoms with Crippen molar-refractivity contribution in [3.8, 4) is 0 Å². The first-order valence-electron chi connectivity index (χ1n) is 12.9. The fourth-order valence-electron chi connectivity index (χ4n) is 5.90. The van der Waals surface area contributed by atoms with Crippen LogP contribution in [0.25, 0.3) is 0 Å². The average molecular weight is 554 g/mol. The molecular formula is C28H33BrN4O3. The Morgan fingerprint density at radius 2 is 1.69 bits per heavy atom. The van der Waals surface area contributed by atoms with E-state index in [0.717, 1.165) is 35.8 Å². The van der Waals surface area contributed by atoms with Gasteiger partial charge in [0.1, 0.15) is 12.1 Å². The lowest BCUT2D eigenvalue weighted by Gasteiger charge is -2.43. The van der Waals surface area contributed by atoms with E-state index in [2.05, 4.69) is 26.1 Å². The van der Waals surface area contributed by atoms with Gasteiger partial charge in [0.05, 0.1) is 6.67 Å². The Bertz CT molecular complexity index is 1110. The molecule has 0 unspecified atom stereocenters. The molecule has 3 aliphatic rings. The summed E-state index contributed by atoms with van der Waals surface area (Å²) in [7, 11) is 0. The summed E-state index contributed by atoms with van der Waals surface area (Å²) in [6.07, 6.45) is 6.61. The van der Waals surface area contributed by atoms with E-state index in [1.54, 1.807) is 4.90 Å². The van der Waals surface area contributed by atoms with Gasteiger partial charge in [-0.1, -0.05) is 59.5 Å². The van der Waals surface area contributed by atoms with Gasteiger partial charge in [-0.2, -0.15) is 0 Å². The number of nitrogens with zero attached hydrogens (tertiary/aromatic N) is 3. The molecule has 8 heteroatoms. The van der Waals surface area contributed by atoms with Crippen molar-refractivity contribution in [1.82, 2.24) is 15.1 Å². The molecule has 2 heterocycles. The average Bonchev–Trinajstić information content (AvgIpc) is 3.16. The Morgan fingerprint density at radius 1 is 0.972 bits per heavy atom. The number of carbonyl (C=O) groups excluding carboxylic acids is 3. The van der Waals surface area contributed by atoms with Crippen LogP contribution in [-0.4, -0.2) is 65.4 Å². The summed E-state index contributed by atoms with van der Waals surface area (Å²) in [5.74, 6) is -0.117. The lowest BCUT2D eigenvalue weighted by molar-refractivity contribution is -0.137. The fourth-order valence-corrected chi connectivity index (χ4v) is 6.30. The van der Waals surface area contributed by atoms with Gasteiger partial charge in [-0.15, -0.1) is 0 Å². The van der Waals surface area contributed by atoms with Crippen LogP contribution < -0.4 is 10.2 Å². The van der Waals surface area contributed by atoms with E-state index in [9.17, 15) is 14.4 Å². The number of rotatable bonds is 5. The topological polar surface area (TPSA) is 73.0 Å². The standard InChI is InChI=1S/C28H33BrN4O3/c29-22-9-7-8-21(18-22)26(35)31-16-14-28(15-17-31)27(36)32(20-33(28)24-12-5-2-6-13-24)19-25(34)30-23-10-3-1-4-11-23/h2,5-9,12-13,18,23H,1,3-4,10-11,14-17,19-20H2,(H,30,34). The van der Waals surface area contributed by atoms with E-state index in [1.807, 2.05) is 59.5 Å². The molecule has 2 aliphatic heterocycles. The maximum atomic E-state index is 13.9. The third-order valence-corrected chi connectivity index (χ3v) is 8.33. The number of benzene rings is 2. The monoisotopic (exact) mass is 552 g/mol. The normalized spacial score (nSPS) is 20.1. The minimum Gasteiger partial charge on any atom is -0.352 e. The van der Waals surface area contributed by atoms with Crippen molar-refractivity contribution < 1.29 is 14.4 Å².